The summed E-state index contributed by atoms with van der Waals surface area (Å²) in [4.78, 5) is 23.2. The molecule has 1 aromatic rings. The van der Waals surface area contributed by atoms with Gasteiger partial charge in [0.25, 0.3) is 0 Å². The standard InChI is InChI=1S/C11H17ClN4O3/c1-5-18-8(17)7(4)13-10-14-9(12)15-11(16-10)19-6(2)3/h6-7H,5H2,1-4H3,(H,13,14,15,16). The van der Waals surface area contributed by atoms with Gasteiger partial charge in [-0.15, -0.1) is 0 Å². The van der Waals surface area contributed by atoms with Crippen molar-refractivity contribution < 1.29 is 14.3 Å². The fourth-order valence-electron chi connectivity index (χ4n) is 1.18. The molecule has 0 aromatic carbocycles. The molecule has 0 aliphatic carbocycles. The Hall–Kier alpha value is -1.63. The second-order valence-corrected chi connectivity index (χ2v) is 4.33. The van der Waals surface area contributed by atoms with Gasteiger partial charge in [0.15, 0.2) is 0 Å². The number of carbonyl (C=O) groups excluding carboxylic acids is 1. The molecule has 0 radical (unpaired) electrons. The van der Waals surface area contributed by atoms with Crippen LogP contribution in [0.5, 0.6) is 6.01 Å². The summed E-state index contributed by atoms with van der Waals surface area (Å²) < 4.78 is 10.2. The molecule has 1 atom stereocenters. The summed E-state index contributed by atoms with van der Waals surface area (Å²) in [6.45, 7) is 7.36. The molecule has 0 saturated heterocycles. The van der Waals surface area contributed by atoms with Crippen LogP contribution in [0.2, 0.25) is 5.28 Å². The van der Waals surface area contributed by atoms with Gasteiger partial charge < -0.3 is 14.8 Å². The molecule has 0 amide bonds. The van der Waals surface area contributed by atoms with E-state index in [0.29, 0.717) is 6.61 Å². The van der Waals surface area contributed by atoms with Crippen LogP contribution in [0.15, 0.2) is 0 Å². The second-order valence-electron chi connectivity index (χ2n) is 4.00. The highest BCUT2D eigenvalue weighted by Crippen LogP contribution is 2.13. The van der Waals surface area contributed by atoms with Gasteiger partial charge in [0.2, 0.25) is 11.2 Å². The van der Waals surface area contributed by atoms with Gasteiger partial charge in [-0.25, -0.2) is 4.79 Å². The van der Waals surface area contributed by atoms with Crippen molar-refractivity contribution in [2.45, 2.75) is 39.8 Å². The van der Waals surface area contributed by atoms with Crippen molar-refractivity contribution in [3.8, 4) is 6.01 Å². The highest BCUT2D eigenvalue weighted by molar-refractivity contribution is 6.28. The first-order valence-electron chi connectivity index (χ1n) is 5.93. The van der Waals surface area contributed by atoms with E-state index in [1.54, 1.807) is 13.8 Å². The van der Waals surface area contributed by atoms with E-state index < -0.39 is 12.0 Å². The van der Waals surface area contributed by atoms with Crippen LogP contribution in [0.3, 0.4) is 0 Å². The second kappa shape index (κ2) is 7.08. The summed E-state index contributed by atoms with van der Waals surface area (Å²) in [5.74, 6) is -0.235. The molecule has 0 aliphatic heterocycles. The van der Waals surface area contributed by atoms with Crippen molar-refractivity contribution in [2.24, 2.45) is 0 Å². The predicted octanol–water partition coefficient (Wildman–Crippen LogP) is 1.68. The van der Waals surface area contributed by atoms with E-state index >= 15 is 0 Å². The summed E-state index contributed by atoms with van der Waals surface area (Å²) in [5.41, 5.74) is 0. The lowest BCUT2D eigenvalue weighted by Crippen LogP contribution is -2.29. The Balaban J connectivity index is 2.77. The van der Waals surface area contributed by atoms with Crippen LogP contribution in [0.1, 0.15) is 27.7 Å². The fraction of sp³-hybridized carbons (Fsp3) is 0.636. The monoisotopic (exact) mass is 288 g/mol. The Kier molecular flexibility index (Phi) is 5.75. The van der Waals surface area contributed by atoms with E-state index in [-0.39, 0.29) is 23.3 Å². The molecule has 0 fully saturated rings. The van der Waals surface area contributed by atoms with Gasteiger partial charge in [0.1, 0.15) is 6.04 Å². The normalized spacial score (nSPS) is 12.1. The lowest BCUT2D eigenvalue weighted by atomic mass is 10.3. The molecule has 0 spiro atoms. The van der Waals surface area contributed by atoms with Gasteiger partial charge in [-0.3, -0.25) is 0 Å². The van der Waals surface area contributed by atoms with Crippen molar-refractivity contribution in [3.63, 3.8) is 0 Å². The Morgan fingerprint density at radius 2 is 2.00 bits per heavy atom. The molecule has 1 unspecified atom stereocenters. The van der Waals surface area contributed by atoms with Crippen LogP contribution in [0, 0.1) is 0 Å². The number of nitrogens with zero attached hydrogens (tertiary/aromatic N) is 3. The van der Waals surface area contributed by atoms with Crippen LogP contribution in [-0.4, -0.2) is 39.7 Å². The molecule has 1 N–H and O–H groups in total. The molecule has 19 heavy (non-hydrogen) atoms. The zero-order valence-electron chi connectivity index (χ0n) is 11.3. The Morgan fingerprint density at radius 3 is 2.58 bits per heavy atom. The van der Waals surface area contributed by atoms with E-state index in [1.807, 2.05) is 13.8 Å². The molecular weight excluding hydrogens is 272 g/mol. The zero-order chi connectivity index (χ0) is 14.4. The summed E-state index contributed by atoms with van der Waals surface area (Å²) in [6, 6.07) is -0.487. The van der Waals surface area contributed by atoms with Crippen LogP contribution in [0.25, 0.3) is 0 Å². The first-order valence-corrected chi connectivity index (χ1v) is 6.31. The minimum Gasteiger partial charge on any atom is -0.464 e. The van der Waals surface area contributed by atoms with Gasteiger partial charge in [0.05, 0.1) is 12.7 Å². The van der Waals surface area contributed by atoms with Gasteiger partial charge in [-0.1, -0.05) is 0 Å². The van der Waals surface area contributed by atoms with E-state index in [1.165, 1.54) is 0 Å². The summed E-state index contributed by atoms with van der Waals surface area (Å²) in [6.07, 6.45) is -0.0891. The minimum absolute atomic E-state index is 0.00999. The molecule has 1 heterocycles. The van der Waals surface area contributed by atoms with Gasteiger partial charge >= 0.3 is 12.0 Å². The molecular formula is C11H17ClN4O3. The smallest absolute Gasteiger partial charge is 0.328 e. The van der Waals surface area contributed by atoms with E-state index in [4.69, 9.17) is 21.1 Å². The summed E-state index contributed by atoms with van der Waals surface area (Å²) in [7, 11) is 0. The first-order chi connectivity index (χ1) is 8.92. The molecule has 8 heteroatoms. The number of hydrogen-bond donors (Lipinski definition) is 1. The van der Waals surface area contributed by atoms with Gasteiger partial charge in [0, 0.05) is 0 Å². The van der Waals surface area contributed by atoms with Gasteiger partial charge in [-0.2, -0.15) is 15.0 Å². The van der Waals surface area contributed by atoms with Crippen molar-refractivity contribution in [3.05, 3.63) is 5.28 Å². The highest BCUT2D eigenvalue weighted by Gasteiger charge is 2.16. The van der Waals surface area contributed by atoms with Crippen molar-refractivity contribution in [1.29, 1.82) is 0 Å². The third-order valence-corrected chi connectivity index (χ3v) is 2.08. The van der Waals surface area contributed by atoms with E-state index in [0.717, 1.165) is 0 Å². The molecule has 7 nitrogen and oxygen atoms in total. The highest BCUT2D eigenvalue weighted by atomic mass is 35.5. The van der Waals surface area contributed by atoms with Crippen molar-refractivity contribution in [2.75, 3.05) is 11.9 Å². The van der Waals surface area contributed by atoms with Crippen molar-refractivity contribution in [1.82, 2.24) is 15.0 Å². The Bertz CT molecular complexity index is 442. The number of aromatic nitrogens is 3. The van der Waals surface area contributed by atoms with E-state index in [9.17, 15) is 4.79 Å². The van der Waals surface area contributed by atoms with E-state index in [2.05, 4.69) is 20.3 Å². The van der Waals surface area contributed by atoms with Crippen LogP contribution in [-0.2, 0) is 9.53 Å². The Morgan fingerprint density at radius 1 is 1.32 bits per heavy atom. The lowest BCUT2D eigenvalue weighted by Gasteiger charge is -2.13. The number of halogens is 1. The number of esters is 1. The number of carbonyl (C=O) groups is 1. The van der Waals surface area contributed by atoms with Crippen LogP contribution < -0.4 is 10.1 Å². The van der Waals surface area contributed by atoms with Crippen LogP contribution >= 0.6 is 11.6 Å². The maximum absolute atomic E-state index is 11.5. The minimum atomic E-state index is -0.592. The zero-order valence-corrected chi connectivity index (χ0v) is 12.1. The molecule has 0 aliphatic rings. The van der Waals surface area contributed by atoms with Crippen LogP contribution in [0.4, 0.5) is 5.95 Å². The molecule has 106 valence electrons. The number of ether oxygens (including phenoxy) is 2. The first kappa shape index (κ1) is 15.4. The van der Waals surface area contributed by atoms with Crippen molar-refractivity contribution >= 4 is 23.5 Å². The molecule has 0 bridgehead atoms. The third kappa shape index (κ3) is 5.25. The predicted molar refractivity (Wildman–Crippen MR) is 70.3 cm³/mol. The number of nitrogens with one attached hydrogen (secondary N) is 1. The SMILES string of the molecule is CCOC(=O)C(C)Nc1nc(Cl)nc(OC(C)C)n1. The fourth-order valence-corrected chi connectivity index (χ4v) is 1.33. The molecule has 1 aromatic heterocycles. The summed E-state index contributed by atoms with van der Waals surface area (Å²) >= 11 is 5.76. The largest absolute Gasteiger partial charge is 0.464 e. The maximum atomic E-state index is 11.5. The average molecular weight is 289 g/mol. The summed E-state index contributed by atoms with van der Waals surface area (Å²) in [5, 5.41) is 2.77. The maximum Gasteiger partial charge on any atom is 0.328 e. The number of rotatable bonds is 6. The Labute approximate surface area is 116 Å². The third-order valence-electron chi connectivity index (χ3n) is 1.91. The molecule has 0 saturated carbocycles. The average Bonchev–Trinajstić information content (AvgIpc) is 2.27. The van der Waals surface area contributed by atoms with Gasteiger partial charge in [-0.05, 0) is 39.3 Å². The molecule has 1 rings (SSSR count). The topological polar surface area (TPSA) is 86.2 Å². The quantitative estimate of drug-likeness (QED) is 0.797. The number of hydrogen-bond acceptors (Lipinski definition) is 7. The lowest BCUT2D eigenvalue weighted by molar-refractivity contribution is -0.143. The number of anilines is 1.